The van der Waals surface area contributed by atoms with Crippen LogP contribution in [0.2, 0.25) is 0 Å². The van der Waals surface area contributed by atoms with Crippen molar-refractivity contribution >= 4 is 0 Å². The van der Waals surface area contributed by atoms with E-state index in [2.05, 4.69) is 5.32 Å². The van der Waals surface area contributed by atoms with Gasteiger partial charge in [-0.3, -0.25) is 0 Å². The van der Waals surface area contributed by atoms with Gasteiger partial charge in [-0.05, 0) is 43.4 Å². The molecule has 2 nitrogen and oxygen atoms in total. The van der Waals surface area contributed by atoms with Gasteiger partial charge in [-0.1, -0.05) is 18.2 Å². The van der Waals surface area contributed by atoms with Crippen LogP contribution in [0.25, 0.3) is 0 Å². The van der Waals surface area contributed by atoms with Crippen LogP contribution in [0, 0.1) is 5.92 Å². The van der Waals surface area contributed by atoms with Crippen LogP contribution in [0.5, 0.6) is 0 Å². The summed E-state index contributed by atoms with van der Waals surface area (Å²) in [5.74, 6) is 0.810. The van der Waals surface area contributed by atoms with Crippen molar-refractivity contribution in [3.63, 3.8) is 0 Å². The Balaban J connectivity index is 1.55. The van der Waals surface area contributed by atoms with Gasteiger partial charge in [0.05, 0.1) is 0 Å². The molecule has 0 spiro atoms. The molecule has 0 aliphatic heterocycles. The summed E-state index contributed by atoms with van der Waals surface area (Å²) in [5.41, 5.74) is 0.990. The lowest BCUT2D eigenvalue weighted by atomic mass is 10.1. The fourth-order valence-corrected chi connectivity index (χ4v) is 1.91. The summed E-state index contributed by atoms with van der Waals surface area (Å²) >= 11 is 0. The lowest BCUT2D eigenvalue weighted by molar-refractivity contribution is 0.122. The van der Waals surface area contributed by atoms with E-state index in [9.17, 15) is 8.78 Å². The summed E-state index contributed by atoms with van der Waals surface area (Å²) in [7, 11) is 0. The largest absolute Gasteiger partial charge is 0.381 e. The average Bonchev–Trinajstić information content (AvgIpc) is 3.22. The van der Waals surface area contributed by atoms with Gasteiger partial charge in [-0.25, -0.2) is 8.78 Å². The Morgan fingerprint density at radius 3 is 2.89 bits per heavy atom. The van der Waals surface area contributed by atoms with Gasteiger partial charge < -0.3 is 10.1 Å². The van der Waals surface area contributed by atoms with Crippen molar-refractivity contribution in [1.29, 1.82) is 0 Å². The highest BCUT2D eigenvalue weighted by molar-refractivity contribution is 5.24. The van der Waals surface area contributed by atoms with E-state index in [-0.39, 0.29) is 5.56 Å². The van der Waals surface area contributed by atoms with Gasteiger partial charge in [0.1, 0.15) is 0 Å². The van der Waals surface area contributed by atoms with E-state index in [1.807, 2.05) is 6.07 Å². The van der Waals surface area contributed by atoms with Crippen LogP contribution in [-0.4, -0.2) is 19.8 Å². The number of rotatable bonds is 9. The fourth-order valence-electron chi connectivity index (χ4n) is 1.91. The summed E-state index contributed by atoms with van der Waals surface area (Å²) in [6, 6.07) is 6.56. The molecule has 2 rings (SSSR count). The Labute approximate surface area is 113 Å². The van der Waals surface area contributed by atoms with Crippen molar-refractivity contribution in [2.45, 2.75) is 32.2 Å². The fraction of sp³-hybridized carbons (Fsp3) is 0.600. The van der Waals surface area contributed by atoms with Crippen LogP contribution in [0.15, 0.2) is 24.3 Å². The first-order chi connectivity index (χ1) is 9.25. The van der Waals surface area contributed by atoms with Crippen LogP contribution in [0.3, 0.4) is 0 Å². The smallest absolute Gasteiger partial charge is 0.263 e. The number of halogens is 2. The second-order valence-corrected chi connectivity index (χ2v) is 5.09. The predicted octanol–water partition coefficient (Wildman–Crippen LogP) is 3.53. The first-order valence-electron chi connectivity index (χ1n) is 6.91. The Kier molecular flexibility index (Phi) is 5.73. The molecule has 0 aromatic heterocycles. The lowest BCUT2D eigenvalue weighted by Crippen LogP contribution is -2.16. The molecule has 106 valence electrons. The summed E-state index contributed by atoms with van der Waals surface area (Å²) in [6.07, 6.45) is 1.20. The molecule has 0 bridgehead atoms. The summed E-state index contributed by atoms with van der Waals surface area (Å²) in [5, 5.41) is 3.25. The maximum atomic E-state index is 12.5. The molecule has 0 amide bonds. The molecule has 1 fully saturated rings. The van der Waals surface area contributed by atoms with Crippen molar-refractivity contribution in [2.75, 3.05) is 19.8 Å². The third-order valence-corrected chi connectivity index (χ3v) is 3.22. The van der Waals surface area contributed by atoms with Gasteiger partial charge in [0, 0.05) is 25.3 Å². The van der Waals surface area contributed by atoms with Gasteiger partial charge >= 0.3 is 0 Å². The Morgan fingerprint density at radius 2 is 2.16 bits per heavy atom. The van der Waals surface area contributed by atoms with E-state index in [4.69, 9.17) is 4.74 Å². The molecule has 0 atom stereocenters. The highest BCUT2D eigenvalue weighted by Crippen LogP contribution is 2.28. The van der Waals surface area contributed by atoms with E-state index in [1.54, 1.807) is 12.1 Å². The number of benzene rings is 1. The van der Waals surface area contributed by atoms with Crippen LogP contribution in [-0.2, 0) is 11.3 Å². The number of hydrogen-bond acceptors (Lipinski definition) is 2. The molecule has 1 aromatic rings. The monoisotopic (exact) mass is 269 g/mol. The Bertz CT molecular complexity index is 380. The third kappa shape index (κ3) is 5.66. The molecule has 0 heterocycles. The third-order valence-electron chi connectivity index (χ3n) is 3.22. The zero-order valence-corrected chi connectivity index (χ0v) is 11.1. The first-order valence-corrected chi connectivity index (χ1v) is 6.91. The van der Waals surface area contributed by atoms with Crippen molar-refractivity contribution in [3.05, 3.63) is 35.4 Å². The molecule has 1 saturated carbocycles. The van der Waals surface area contributed by atoms with Gasteiger partial charge in [0.15, 0.2) is 0 Å². The molecule has 0 radical (unpaired) electrons. The summed E-state index contributed by atoms with van der Waals surface area (Å²) in [4.78, 5) is 0. The molecule has 0 unspecified atom stereocenters. The quantitative estimate of drug-likeness (QED) is 0.692. The lowest BCUT2D eigenvalue weighted by Gasteiger charge is -2.07. The first kappa shape index (κ1) is 14.4. The standard InChI is InChI=1S/C15H21F2NO/c16-15(17)14-4-1-3-13(9-14)10-18-7-2-8-19-11-12-5-6-12/h1,3-4,9,12,15,18H,2,5-8,10-11H2. The van der Waals surface area contributed by atoms with Crippen molar-refractivity contribution in [3.8, 4) is 0 Å². The van der Waals surface area contributed by atoms with Gasteiger partial charge in [0.2, 0.25) is 0 Å². The zero-order chi connectivity index (χ0) is 13.5. The van der Waals surface area contributed by atoms with Crippen LogP contribution < -0.4 is 5.32 Å². The Hall–Kier alpha value is -1.00. The number of ether oxygens (including phenoxy) is 1. The summed E-state index contributed by atoms with van der Waals surface area (Å²) in [6.45, 7) is 3.16. The molecular formula is C15H21F2NO. The van der Waals surface area contributed by atoms with Crippen molar-refractivity contribution in [2.24, 2.45) is 5.92 Å². The number of alkyl halides is 2. The maximum Gasteiger partial charge on any atom is 0.263 e. The van der Waals surface area contributed by atoms with Crippen LogP contribution in [0.1, 0.15) is 36.8 Å². The van der Waals surface area contributed by atoms with Gasteiger partial charge in [-0.2, -0.15) is 0 Å². The van der Waals surface area contributed by atoms with Crippen molar-refractivity contribution < 1.29 is 13.5 Å². The van der Waals surface area contributed by atoms with E-state index < -0.39 is 6.43 Å². The maximum absolute atomic E-state index is 12.5. The highest BCUT2D eigenvalue weighted by Gasteiger charge is 2.20. The minimum Gasteiger partial charge on any atom is -0.381 e. The Morgan fingerprint density at radius 1 is 1.32 bits per heavy atom. The topological polar surface area (TPSA) is 21.3 Å². The second kappa shape index (κ2) is 7.56. The highest BCUT2D eigenvalue weighted by atomic mass is 19.3. The predicted molar refractivity (Wildman–Crippen MR) is 71.3 cm³/mol. The minimum absolute atomic E-state index is 0.0899. The van der Waals surface area contributed by atoms with Crippen LogP contribution >= 0.6 is 0 Å². The summed E-state index contributed by atoms with van der Waals surface area (Å²) < 4.78 is 30.5. The molecule has 1 aliphatic rings. The van der Waals surface area contributed by atoms with E-state index in [0.29, 0.717) is 6.54 Å². The van der Waals surface area contributed by atoms with E-state index >= 15 is 0 Å². The second-order valence-electron chi connectivity index (χ2n) is 5.09. The molecule has 1 aromatic carbocycles. The zero-order valence-electron chi connectivity index (χ0n) is 11.1. The molecule has 1 N–H and O–H groups in total. The minimum atomic E-state index is -2.39. The molecule has 0 saturated heterocycles. The molecule has 19 heavy (non-hydrogen) atoms. The van der Waals surface area contributed by atoms with Crippen molar-refractivity contribution in [1.82, 2.24) is 5.32 Å². The average molecular weight is 269 g/mol. The van der Waals surface area contributed by atoms with E-state index in [0.717, 1.165) is 37.7 Å². The van der Waals surface area contributed by atoms with Gasteiger partial charge in [0.25, 0.3) is 6.43 Å². The van der Waals surface area contributed by atoms with Crippen LogP contribution in [0.4, 0.5) is 8.78 Å². The number of hydrogen-bond donors (Lipinski definition) is 1. The normalized spacial score (nSPS) is 15.1. The molecule has 4 heteroatoms. The van der Waals surface area contributed by atoms with E-state index in [1.165, 1.54) is 18.9 Å². The van der Waals surface area contributed by atoms with Gasteiger partial charge in [-0.15, -0.1) is 0 Å². The SMILES string of the molecule is FC(F)c1cccc(CNCCCOCC2CC2)c1. The molecule has 1 aliphatic carbocycles. The number of nitrogens with one attached hydrogen (secondary N) is 1. The molecular weight excluding hydrogens is 248 g/mol.